The van der Waals surface area contributed by atoms with Crippen molar-refractivity contribution in [3.8, 4) is 0 Å². The summed E-state index contributed by atoms with van der Waals surface area (Å²) in [7, 11) is 0. The van der Waals surface area contributed by atoms with Gasteiger partial charge in [-0.1, -0.05) is 6.92 Å². The van der Waals surface area contributed by atoms with Crippen LogP contribution in [0.4, 0.5) is 0 Å². The predicted octanol–water partition coefficient (Wildman–Crippen LogP) is 1.89. The van der Waals surface area contributed by atoms with Crippen LogP contribution in [0.1, 0.15) is 37.9 Å². The predicted molar refractivity (Wildman–Crippen MR) is 57.3 cm³/mol. The molecule has 1 N–H and O–H groups in total. The van der Waals surface area contributed by atoms with Crippen molar-refractivity contribution >= 4 is 0 Å². The highest BCUT2D eigenvalue weighted by molar-refractivity contribution is 4.98. The average molecular weight is 193 g/mol. The molecular formula is C11H19N3. The monoisotopic (exact) mass is 193 g/mol. The Balaban J connectivity index is 2.09. The van der Waals surface area contributed by atoms with E-state index in [4.69, 9.17) is 0 Å². The van der Waals surface area contributed by atoms with Crippen molar-refractivity contribution in [2.75, 3.05) is 6.54 Å². The SMILES string of the molecule is CCNC1CCCC1n1ccc(C)n1. The number of hydrogen-bond donors (Lipinski definition) is 1. The fraction of sp³-hybridized carbons (Fsp3) is 0.727. The zero-order valence-corrected chi connectivity index (χ0v) is 9.03. The van der Waals surface area contributed by atoms with Crippen LogP contribution in [0.3, 0.4) is 0 Å². The molecule has 0 saturated heterocycles. The molecule has 0 amide bonds. The van der Waals surface area contributed by atoms with Gasteiger partial charge < -0.3 is 5.32 Å². The first-order valence-electron chi connectivity index (χ1n) is 5.56. The van der Waals surface area contributed by atoms with Gasteiger partial charge in [-0.25, -0.2) is 0 Å². The lowest BCUT2D eigenvalue weighted by atomic mass is 10.2. The molecule has 1 aliphatic carbocycles. The van der Waals surface area contributed by atoms with Gasteiger partial charge in [0.1, 0.15) is 0 Å². The summed E-state index contributed by atoms with van der Waals surface area (Å²) >= 11 is 0. The number of nitrogens with zero attached hydrogens (tertiary/aromatic N) is 2. The molecule has 3 nitrogen and oxygen atoms in total. The van der Waals surface area contributed by atoms with Crippen LogP contribution >= 0.6 is 0 Å². The van der Waals surface area contributed by atoms with Crippen molar-refractivity contribution in [3.63, 3.8) is 0 Å². The molecule has 1 aliphatic rings. The number of rotatable bonds is 3. The van der Waals surface area contributed by atoms with E-state index < -0.39 is 0 Å². The number of aryl methyl sites for hydroxylation is 1. The first-order chi connectivity index (χ1) is 6.81. The lowest BCUT2D eigenvalue weighted by Crippen LogP contribution is -2.33. The minimum absolute atomic E-state index is 0.573. The second kappa shape index (κ2) is 4.13. The summed E-state index contributed by atoms with van der Waals surface area (Å²) in [5, 5.41) is 8.04. The third-order valence-corrected chi connectivity index (χ3v) is 3.03. The van der Waals surface area contributed by atoms with Gasteiger partial charge in [-0.3, -0.25) is 4.68 Å². The van der Waals surface area contributed by atoms with Gasteiger partial charge in [0, 0.05) is 12.2 Å². The van der Waals surface area contributed by atoms with Gasteiger partial charge in [-0.2, -0.15) is 5.10 Å². The average Bonchev–Trinajstić information content (AvgIpc) is 2.74. The van der Waals surface area contributed by atoms with Gasteiger partial charge in [-0.15, -0.1) is 0 Å². The van der Waals surface area contributed by atoms with Crippen LogP contribution in [0, 0.1) is 6.92 Å². The Labute approximate surface area is 85.5 Å². The summed E-state index contributed by atoms with van der Waals surface area (Å²) in [5.74, 6) is 0. The Hall–Kier alpha value is -0.830. The van der Waals surface area contributed by atoms with Gasteiger partial charge in [0.15, 0.2) is 0 Å². The minimum atomic E-state index is 0.573. The van der Waals surface area contributed by atoms with Crippen LogP contribution < -0.4 is 5.32 Å². The molecule has 0 aromatic carbocycles. The molecule has 1 fully saturated rings. The Bertz CT molecular complexity index is 292. The Morgan fingerprint density at radius 2 is 2.43 bits per heavy atom. The van der Waals surface area contributed by atoms with Crippen LogP contribution in [0.5, 0.6) is 0 Å². The summed E-state index contributed by atoms with van der Waals surface area (Å²) in [6.45, 7) is 5.28. The highest BCUT2D eigenvalue weighted by atomic mass is 15.3. The highest BCUT2D eigenvalue weighted by Crippen LogP contribution is 2.29. The van der Waals surface area contributed by atoms with Gasteiger partial charge in [-0.05, 0) is 38.8 Å². The first kappa shape index (κ1) is 9.71. The van der Waals surface area contributed by atoms with E-state index in [1.54, 1.807) is 0 Å². The van der Waals surface area contributed by atoms with Gasteiger partial charge in [0.05, 0.1) is 11.7 Å². The standard InChI is InChI=1S/C11H19N3/c1-3-12-10-5-4-6-11(10)14-8-7-9(2)13-14/h7-8,10-12H,3-6H2,1-2H3. The maximum atomic E-state index is 4.50. The maximum Gasteiger partial charge on any atom is 0.0672 e. The zero-order chi connectivity index (χ0) is 9.97. The Morgan fingerprint density at radius 1 is 1.57 bits per heavy atom. The van der Waals surface area contributed by atoms with Crippen molar-refractivity contribution in [3.05, 3.63) is 18.0 Å². The molecule has 2 atom stereocenters. The van der Waals surface area contributed by atoms with Crippen LogP contribution in [0.2, 0.25) is 0 Å². The van der Waals surface area contributed by atoms with E-state index in [1.807, 2.05) is 6.92 Å². The van der Waals surface area contributed by atoms with Crippen molar-refractivity contribution in [2.45, 2.75) is 45.2 Å². The third kappa shape index (κ3) is 1.82. The molecule has 1 aromatic heterocycles. The fourth-order valence-electron chi connectivity index (χ4n) is 2.38. The molecule has 3 heteroatoms. The second-order valence-electron chi connectivity index (χ2n) is 4.10. The summed E-state index contributed by atoms with van der Waals surface area (Å²) in [4.78, 5) is 0. The van der Waals surface area contributed by atoms with E-state index in [-0.39, 0.29) is 0 Å². The molecule has 1 aromatic rings. The normalized spacial score (nSPS) is 27.0. The van der Waals surface area contributed by atoms with Crippen LogP contribution in [0.25, 0.3) is 0 Å². The van der Waals surface area contributed by atoms with Crippen LogP contribution in [0.15, 0.2) is 12.3 Å². The summed E-state index contributed by atoms with van der Waals surface area (Å²) < 4.78 is 2.13. The maximum absolute atomic E-state index is 4.50. The molecule has 0 bridgehead atoms. The fourth-order valence-corrected chi connectivity index (χ4v) is 2.38. The molecular weight excluding hydrogens is 174 g/mol. The molecule has 1 heterocycles. The van der Waals surface area contributed by atoms with E-state index in [9.17, 15) is 0 Å². The number of aromatic nitrogens is 2. The molecule has 0 spiro atoms. The van der Waals surface area contributed by atoms with Crippen molar-refractivity contribution < 1.29 is 0 Å². The number of nitrogens with one attached hydrogen (secondary N) is 1. The first-order valence-corrected chi connectivity index (χ1v) is 5.56. The third-order valence-electron chi connectivity index (χ3n) is 3.03. The summed E-state index contributed by atoms with van der Waals surface area (Å²) in [6.07, 6.45) is 5.98. The Kier molecular flexibility index (Phi) is 2.87. The molecule has 14 heavy (non-hydrogen) atoms. The minimum Gasteiger partial charge on any atom is -0.312 e. The lowest BCUT2D eigenvalue weighted by Gasteiger charge is -2.20. The smallest absolute Gasteiger partial charge is 0.0672 e. The largest absolute Gasteiger partial charge is 0.312 e. The van der Waals surface area contributed by atoms with Gasteiger partial charge >= 0.3 is 0 Å². The quantitative estimate of drug-likeness (QED) is 0.794. The van der Waals surface area contributed by atoms with E-state index in [2.05, 4.69) is 34.3 Å². The second-order valence-corrected chi connectivity index (χ2v) is 4.10. The van der Waals surface area contributed by atoms with Crippen molar-refractivity contribution in [1.29, 1.82) is 0 Å². The molecule has 0 radical (unpaired) electrons. The van der Waals surface area contributed by atoms with E-state index in [0.29, 0.717) is 12.1 Å². The summed E-state index contributed by atoms with van der Waals surface area (Å²) in [5.41, 5.74) is 1.12. The molecule has 78 valence electrons. The number of hydrogen-bond acceptors (Lipinski definition) is 2. The van der Waals surface area contributed by atoms with Crippen LogP contribution in [-0.4, -0.2) is 22.4 Å². The lowest BCUT2D eigenvalue weighted by molar-refractivity contribution is 0.370. The van der Waals surface area contributed by atoms with Crippen LogP contribution in [-0.2, 0) is 0 Å². The Morgan fingerprint density at radius 3 is 3.07 bits per heavy atom. The highest BCUT2D eigenvalue weighted by Gasteiger charge is 2.28. The number of likely N-dealkylation sites (N-methyl/N-ethyl adjacent to an activating group) is 1. The van der Waals surface area contributed by atoms with E-state index in [0.717, 1.165) is 12.2 Å². The molecule has 2 unspecified atom stereocenters. The molecule has 1 saturated carbocycles. The van der Waals surface area contributed by atoms with Crippen molar-refractivity contribution in [2.24, 2.45) is 0 Å². The van der Waals surface area contributed by atoms with Gasteiger partial charge in [0.25, 0.3) is 0 Å². The van der Waals surface area contributed by atoms with E-state index >= 15 is 0 Å². The van der Waals surface area contributed by atoms with E-state index in [1.165, 1.54) is 19.3 Å². The summed E-state index contributed by atoms with van der Waals surface area (Å²) in [6, 6.07) is 3.28. The molecule has 2 rings (SSSR count). The molecule has 0 aliphatic heterocycles. The zero-order valence-electron chi connectivity index (χ0n) is 9.03. The van der Waals surface area contributed by atoms with Crippen molar-refractivity contribution in [1.82, 2.24) is 15.1 Å². The van der Waals surface area contributed by atoms with Gasteiger partial charge in [0.2, 0.25) is 0 Å². The topological polar surface area (TPSA) is 29.9 Å².